The van der Waals surface area contributed by atoms with Crippen LogP contribution in [-0.2, 0) is 9.59 Å². The lowest BCUT2D eigenvalue weighted by atomic mass is 9.76. The van der Waals surface area contributed by atoms with Crippen molar-refractivity contribution in [1.29, 1.82) is 0 Å². The first-order valence-electron chi connectivity index (χ1n) is 6.65. The van der Waals surface area contributed by atoms with Gasteiger partial charge in [-0.2, -0.15) is 0 Å². The SMILES string of the molecule is CC(C)CCC(C(=O)C(C)C)C(=O)C(C)(C)C. The molecule has 0 heterocycles. The second-order valence-corrected chi connectivity index (χ2v) is 6.70. The van der Waals surface area contributed by atoms with E-state index >= 15 is 0 Å². The Morgan fingerprint density at radius 3 is 1.71 bits per heavy atom. The molecule has 0 aromatic heterocycles. The van der Waals surface area contributed by atoms with Crippen molar-refractivity contribution in [2.24, 2.45) is 23.2 Å². The van der Waals surface area contributed by atoms with Crippen LogP contribution in [0, 0.1) is 23.2 Å². The van der Waals surface area contributed by atoms with E-state index < -0.39 is 11.3 Å². The van der Waals surface area contributed by atoms with Crippen LogP contribution in [0.15, 0.2) is 0 Å². The molecule has 2 nitrogen and oxygen atoms in total. The summed E-state index contributed by atoms with van der Waals surface area (Å²) in [6.07, 6.45) is 1.63. The molecular formula is C15H28O2. The van der Waals surface area contributed by atoms with Crippen molar-refractivity contribution in [3.05, 3.63) is 0 Å². The smallest absolute Gasteiger partial charge is 0.148 e. The highest BCUT2D eigenvalue weighted by Gasteiger charge is 2.34. The maximum Gasteiger partial charge on any atom is 0.148 e. The van der Waals surface area contributed by atoms with Crippen molar-refractivity contribution in [3.8, 4) is 0 Å². The molecule has 0 aliphatic heterocycles. The number of hydrogen-bond donors (Lipinski definition) is 0. The van der Waals surface area contributed by atoms with Crippen molar-refractivity contribution in [2.45, 2.75) is 61.3 Å². The van der Waals surface area contributed by atoms with Gasteiger partial charge in [-0.1, -0.05) is 48.5 Å². The fraction of sp³-hybridized carbons (Fsp3) is 0.867. The molecule has 0 spiro atoms. The van der Waals surface area contributed by atoms with E-state index in [-0.39, 0.29) is 17.5 Å². The lowest BCUT2D eigenvalue weighted by Crippen LogP contribution is -2.35. The first-order valence-corrected chi connectivity index (χ1v) is 6.65. The van der Waals surface area contributed by atoms with Crippen LogP contribution in [0.1, 0.15) is 61.3 Å². The third kappa shape index (κ3) is 5.47. The van der Waals surface area contributed by atoms with Crippen molar-refractivity contribution >= 4 is 11.6 Å². The highest BCUT2D eigenvalue weighted by Crippen LogP contribution is 2.27. The number of carbonyl (C=O) groups is 2. The monoisotopic (exact) mass is 240 g/mol. The average molecular weight is 240 g/mol. The maximum atomic E-state index is 12.3. The van der Waals surface area contributed by atoms with Gasteiger partial charge in [-0.15, -0.1) is 0 Å². The fourth-order valence-corrected chi connectivity index (χ4v) is 1.83. The minimum Gasteiger partial charge on any atom is -0.299 e. The minimum atomic E-state index is -0.424. The second-order valence-electron chi connectivity index (χ2n) is 6.70. The molecule has 0 aromatic rings. The molecule has 1 atom stereocenters. The van der Waals surface area contributed by atoms with Crippen LogP contribution < -0.4 is 0 Å². The molecule has 0 bridgehead atoms. The zero-order chi connectivity index (χ0) is 13.8. The number of carbonyl (C=O) groups excluding carboxylic acids is 2. The molecule has 1 unspecified atom stereocenters. The summed E-state index contributed by atoms with van der Waals surface area (Å²) in [5, 5.41) is 0. The van der Waals surface area contributed by atoms with Crippen LogP contribution >= 0.6 is 0 Å². The van der Waals surface area contributed by atoms with Gasteiger partial charge >= 0.3 is 0 Å². The molecule has 0 rings (SSSR count). The number of hydrogen-bond acceptors (Lipinski definition) is 2. The Balaban J connectivity index is 4.86. The summed E-state index contributed by atoms with van der Waals surface area (Å²) in [4.78, 5) is 24.4. The van der Waals surface area contributed by atoms with Crippen LogP contribution in [0.3, 0.4) is 0 Å². The summed E-state index contributed by atoms with van der Waals surface area (Å²) < 4.78 is 0. The molecule has 0 N–H and O–H groups in total. The van der Waals surface area contributed by atoms with Crippen LogP contribution in [0.4, 0.5) is 0 Å². The second kappa shape index (κ2) is 6.32. The molecule has 0 aliphatic rings. The average Bonchev–Trinajstić information content (AvgIpc) is 2.15. The summed E-state index contributed by atoms with van der Waals surface area (Å²) >= 11 is 0. The molecule has 0 amide bonds. The molecular weight excluding hydrogens is 212 g/mol. The van der Waals surface area contributed by atoms with Gasteiger partial charge in [-0.3, -0.25) is 9.59 Å². The van der Waals surface area contributed by atoms with Crippen molar-refractivity contribution in [2.75, 3.05) is 0 Å². The van der Waals surface area contributed by atoms with E-state index in [2.05, 4.69) is 13.8 Å². The molecule has 0 saturated heterocycles. The van der Waals surface area contributed by atoms with E-state index in [0.29, 0.717) is 12.3 Å². The molecule has 17 heavy (non-hydrogen) atoms. The first kappa shape index (κ1) is 16.3. The van der Waals surface area contributed by atoms with Crippen molar-refractivity contribution in [3.63, 3.8) is 0 Å². The zero-order valence-electron chi connectivity index (χ0n) is 12.5. The highest BCUT2D eigenvalue weighted by atomic mass is 16.2. The largest absolute Gasteiger partial charge is 0.299 e. The lowest BCUT2D eigenvalue weighted by molar-refractivity contribution is -0.139. The fourth-order valence-electron chi connectivity index (χ4n) is 1.83. The van der Waals surface area contributed by atoms with Gasteiger partial charge in [0.05, 0.1) is 5.92 Å². The summed E-state index contributed by atoms with van der Waals surface area (Å²) in [6.45, 7) is 13.7. The van der Waals surface area contributed by atoms with Gasteiger partial charge in [0.25, 0.3) is 0 Å². The third-order valence-corrected chi connectivity index (χ3v) is 3.00. The number of ketones is 2. The molecule has 0 aromatic carbocycles. The molecule has 0 fully saturated rings. The van der Waals surface area contributed by atoms with Gasteiger partial charge in [0, 0.05) is 11.3 Å². The van der Waals surface area contributed by atoms with Gasteiger partial charge in [0.1, 0.15) is 11.6 Å². The predicted octanol–water partition coefficient (Wildman–Crippen LogP) is 3.88. The van der Waals surface area contributed by atoms with Crippen LogP contribution in [0.25, 0.3) is 0 Å². The molecule has 0 saturated carbocycles. The van der Waals surface area contributed by atoms with E-state index in [1.807, 2.05) is 34.6 Å². The number of rotatable bonds is 6. The van der Waals surface area contributed by atoms with Crippen LogP contribution in [-0.4, -0.2) is 11.6 Å². The predicted molar refractivity (Wildman–Crippen MR) is 71.9 cm³/mol. The minimum absolute atomic E-state index is 0.0570. The van der Waals surface area contributed by atoms with Gasteiger partial charge in [-0.25, -0.2) is 0 Å². The van der Waals surface area contributed by atoms with Gasteiger partial charge in [-0.05, 0) is 18.8 Å². The van der Waals surface area contributed by atoms with Crippen LogP contribution in [0.2, 0.25) is 0 Å². The van der Waals surface area contributed by atoms with E-state index in [1.54, 1.807) is 0 Å². The Kier molecular flexibility index (Phi) is 6.08. The third-order valence-electron chi connectivity index (χ3n) is 3.00. The van der Waals surface area contributed by atoms with Gasteiger partial charge in [0.15, 0.2) is 0 Å². The quantitative estimate of drug-likeness (QED) is 0.660. The summed E-state index contributed by atoms with van der Waals surface area (Å²) in [7, 11) is 0. The Bertz CT molecular complexity index is 269. The first-order chi connectivity index (χ1) is 7.57. The Morgan fingerprint density at radius 1 is 0.941 bits per heavy atom. The van der Waals surface area contributed by atoms with E-state index in [0.717, 1.165) is 6.42 Å². The summed E-state index contributed by atoms with van der Waals surface area (Å²) in [5.74, 6) is 0.267. The van der Waals surface area contributed by atoms with Gasteiger partial charge < -0.3 is 0 Å². The van der Waals surface area contributed by atoms with Crippen LogP contribution in [0.5, 0.6) is 0 Å². The normalized spacial score (nSPS) is 14.2. The Hall–Kier alpha value is -0.660. The van der Waals surface area contributed by atoms with Crippen molar-refractivity contribution < 1.29 is 9.59 Å². The van der Waals surface area contributed by atoms with E-state index in [1.165, 1.54) is 0 Å². The standard InChI is InChI=1S/C15H28O2/c1-10(2)8-9-12(13(16)11(3)4)14(17)15(5,6)7/h10-12H,8-9H2,1-7H3. The topological polar surface area (TPSA) is 34.1 Å². The highest BCUT2D eigenvalue weighted by molar-refractivity contribution is 6.05. The molecule has 2 heteroatoms. The Labute approximate surface area is 106 Å². The summed E-state index contributed by atoms with van der Waals surface area (Å²) in [6, 6.07) is 0. The van der Waals surface area contributed by atoms with Gasteiger partial charge in [0.2, 0.25) is 0 Å². The lowest BCUT2D eigenvalue weighted by Gasteiger charge is -2.25. The summed E-state index contributed by atoms with van der Waals surface area (Å²) in [5.41, 5.74) is -0.424. The maximum absolute atomic E-state index is 12.3. The Morgan fingerprint density at radius 2 is 1.41 bits per heavy atom. The van der Waals surface area contributed by atoms with E-state index in [4.69, 9.17) is 0 Å². The zero-order valence-corrected chi connectivity index (χ0v) is 12.5. The number of Topliss-reactive ketones (excluding diaryl/α,β-unsaturated/α-hetero) is 2. The van der Waals surface area contributed by atoms with Crippen molar-refractivity contribution in [1.82, 2.24) is 0 Å². The molecule has 100 valence electrons. The molecule has 0 radical (unpaired) electrons. The molecule has 0 aliphatic carbocycles. The van der Waals surface area contributed by atoms with E-state index in [9.17, 15) is 9.59 Å².